The summed E-state index contributed by atoms with van der Waals surface area (Å²) in [6, 6.07) is 0. The molecule has 0 amide bonds. The van der Waals surface area contributed by atoms with Crippen LogP contribution in [0.5, 0.6) is 0 Å². The predicted molar refractivity (Wildman–Crippen MR) is 24.4 cm³/mol. The average Bonchev–Trinajstić information content (AvgIpc) is 2.14. The molecule has 1 N–H and O–H groups in total. The number of hydrogen-bond donors (Lipinski definition) is 1. The third kappa shape index (κ3) is 0.783. The van der Waals surface area contributed by atoms with Crippen molar-refractivity contribution in [2.24, 2.45) is 0 Å². The summed E-state index contributed by atoms with van der Waals surface area (Å²) in [7, 11) is 0. The second kappa shape index (κ2) is 1.76. The molecule has 1 saturated heterocycles. The summed E-state index contributed by atoms with van der Waals surface area (Å²) in [6.45, 7) is 1.74. The minimum atomic E-state index is 0.816. The Labute approximate surface area is 41.7 Å². The molecule has 1 aliphatic heterocycles. The lowest BCUT2D eigenvalue weighted by molar-refractivity contribution is 0.345. The van der Waals surface area contributed by atoms with E-state index >= 15 is 0 Å². The van der Waals surface area contributed by atoms with Gasteiger partial charge in [0.15, 0.2) is 0 Å². The van der Waals surface area contributed by atoms with E-state index in [4.69, 9.17) is 5.39 Å². The van der Waals surface area contributed by atoms with Crippen LogP contribution in [0.15, 0.2) is 0 Å². The molecule has 7 heavy (non-hydrogen) atoms. The zero-order valence-corrected chi connectivity index (χ0v) is 3.96. The van der Waals surface area contributed by atoms with Gasteiger partial charge in [-0.25, -0.2) is 0 Å². The van der Waals surface area contributed by atoms with Crippen LogP contribution in [0.25, 0.3) is 5.08 Å². The highest BCUT2D eigenvalue weighted by atomic mass is 15.7. The van der Waals surface area contributed by atoms with Crippen LogP contribution in [-0.2, 0) is 0 Å². The van der Waals surface area contributed by atoms with Crippen LogP contribution < -0.4 is 5.43 Å². The molecule has 4 nitrogen and oxygen atoms in total. The highest BCUT2D eigenvalue weighted by Crippen LogP contribution is 1.93. The largest absolute Gasteiger partial charge is 0.322 e. The number of hydrazine groups is 1. The average molecular weight is 99.1 g/mol. The maximum absolute atomic E-state index is 8.05. The summed E-state index contributed by atoms with van der Waals surface area (Å²) in [6.07, 6.45) is 1.06. The van der Waals surface area contributed by atoms with E-state index in [2.05, 4.69) is 10.5 Å². The van der Waals surface area contributed by atoms with E-state index in [0.717, 1.165) is 19.5 Å². The van der Waals surface area contributed by atoms with E-state index in [1.807, 2.05) is 0 Å². The fraction of sp³-hybridized carbons (Fsp3) is 1.00. The molecule has 1 rings (SSSR count). The molecule has 0 aromatic carbocycles. The van der Waals surface area contributed by atoms with E-state index in [0.29, 0.717) is 0 Å². The summed E-state index contributed by atoms with van der Waals surface area (Å²) in [5, 5.41) is 12.4. The molecule has 1 fully saturated rings. The highest BCUT2D eigenvalue weighted by Gasteiger charge is 2.17. The smallest absolute Gasteiger partial charge is 0.167 e. The Bertz CT molecular complexity index is 87.6. The molecule has 1 aliphatic rings. The Morgan fingerprint density at radius 1 is 1.71 bits per heavy atom. The second-order valence-electron chi connectivity index (χ2n) is 1.47. The van der Waals surface area contributed by atoms with Crippen LogP contribution >= 0.6 is 0 Å². The fourth-order valence-corrected chi connectivity index (χ4v) is 0.592. The van der Waals surface area contributed by atoms with Gasteiger partial charge in [-0.3, -0.25) is 0 Å². The second-order valence-corrected chi connectivity index (χ2v) is 1.47. The molecule has 0 radical (unpaired) electrons. The Hall–Kier alpha value is -0.820. The summed E-state index contributed by atoms with van der Waals surface area (Å²) in [5.74, 6) is 0. The van der Waals surface area contributed by atoms with E-state index in [9.17, 15) is 0 Å². The summed E-state index contributed by atoms with van der Waals surface area (Å²) < 4.78 is 0. The van der Waals surface area contributed by atoms with Gasteiger partial charge in [-0.2, -0.15) is 5.43 Å². The number of nitrogens with one attached hydrogen (secondary N) is 1. The molecule has 0 aliphatic carbocycles. The molecular weight excluding hydrogens is 92.1 g/mol. The Morgan fingerprint density at radius 2 is 2.57 bits per heavy atom. The molecule has 0 spiro atoms. The maximum Gasteiger partial charge on any atom is 0.322 e. The Balaban J connectivity index is 2.31. The monoisotopic (exact) mass is 99.1 g/mol. The number of nitrogens with zero attached hydrogens (tertiary/aromatic N) is 3. The van der Waals surface area contributed by atoms with Crippen LogP contribution in [-0.4, -0.2) is 18.2 Å². The van der Waals surface area contributed by atoms with Gasteiger partial charge in [0.25, 0.3) is 5.39 Å². The van der Waals surface area contributed by atoms with Gasteiger partial charge in [-0.1, -0.05) is 0 Å². The molecule has 38 valence electrons. The third-order valence-corrected chi connectivity index (χ3v) is 0.949. The van der Waals surface area contributed by atoms with E-state index in [-0.39, 0.29) is 0 Å². The molecule has 0 atom stereocenters. The predicted octanol–water partition coefficient (Wildman–Crippen LogP) is -0.0352. The third-order valence-electron chi connectivity index (χ3n) is 0.949. The molecular formula is C3H7N4+. The molecule has 0 unspecified atom stereocenters. The Morgan fingerprint density at radius 3 is 2.86 bits per heavy atom. The first kappa shape index (κ1) is 4.34. The van der Waals surface area contributed by atoms with E-state index in [1.54, 1.807) is 0 Å². The lowest BCUT2D eigenvalue weighted by Crippen LogP contribution is -2.22. The molecule has 1 heterocycles. The minimum Gasteiger partial charge on any atom is -0.167 e. The summed E-state index contributed by atoms with van der Waals surface area (Å²) in [5.41, 5.74) is 2.82. The lowest BCUT2D eigenvalue weighted by Gasteiger charge is -1.84. The molecule has 4 heteroatoms. The van der Waals surface area contributed by atoms with Crippen LogP contribution in [0.1, 0.15) is 6.42 Å². The van der Waals surface area contributed by atoms with Gasteiger partial charge in [0.05, 0.1) is 0 Å². The quantitative estimate of drug-likeness (QED) is 0.433. The van der Waals surface area contributed by atoms with Gasteiger partial charge in [0, 0.05) is 11.7 Å². The fourth-order valence-electron chi connectivity index (χ4n) is 0.592. The van der Waals surface area contributed by atoms with Gasteiger partial charge in [0.1, 0.15) is 6.54 Å². The first-order valence-electron chi connectivity index (χ1n) is 2.29. The van der Waals surface area contributed by atoms with Gasteiger partial charge in [-0.15, -0.1) is 0 Å². The van der Waals surface area contributed by atoms with Crippen molar-refractivity contribution in [3.8, 4) is 0 Å². The van der Waals surface area contributed by atoms with Crippen LogP contribution in [0, 0.1) is 5.39 Å². The topological polar surface area (TPSA) is 43.4 Å². The molecule has 0 bridgehead atoms. The van der Waals surface area contributed by atoms with Crippen LogP contribution in [0.4, 0.5) is 0 Å². The van der Waals surface area contributed by atoms with Gasteiger partial charge < -0.3 is 0 Å². The standard InChI is InChI=1S/C3H7N4/c4-6-7-3-1-2-5-7/h5H,1-3H2/q+1. The zero-order chi connectivity index (χ0) is 5.11. The number of rotatable bonds is 0. The van der Waals surface area contributed by atoms with Gasteiger partial charge in [0.2, 0.25) is 0 Å². The van der Waals surface area contributed by atoms with Gasteiger partial charge >= 0.3 is 5.08 Å². The number of diazo groups is 1. The van der Waals surface area contributed by atoms with Crippen LogP contribution in [0.2, 0.25) is 0 Å². The first-order chi connectivity index (χ1) is 3.43. The summed E-state index contributed by atoms with van der Waals surface area (Å²) in [4.78, 5) is 0. The summed E-state index contributed by atoms with van der Waals surface area (Å²) >= 11 is 0. The van der Waals surface area contributed by atoms with Crippen molar-refractivity contribution in [3.05, 3.63) is 5.08 Å². The normalized spacial score (nSPS) is 19.6. The minimum absolute atomic E-state index is 0.816. The van der Waals surface area contributed by atoms with Crippen molar-refractivity contribution in [2.75, 3.05) is 13.1 Å². The first-order valence-corrected chi connectivity index (χ1v) is 2.29. The maximum atomic E-state index is 8.05. The Kier molecular flexibility index (Phi) is 1.09. The zero-order valence-electron chi connectivity index (χ0n) is 3.96. The van der Waals surface area contributed by atoms with Crippen molar-refractivity contribution in [1.82, 2.24) is 10.5 Å². The molecule has 0 aromatic rings. The lowest BCUT2D eigenvalue weighted by atomic mass is 10.5. The van der Waals surface area contributed by atoms with E-state index < -0.39 is 0 Å². The number of hydrogen-bond acceptors (Lipinski definition) is 3. The van der Waals surface area contributed by atoms with Crippen molar-refractivity contribution >= 4 is 0 Å². The highest BCUT2D eigenvalue weighted by molar-refractivity contribution is 4.60. The molecule has 0 aromatic heterocycles. The van der Waals surface area contributed by atoms with Crippen LogP contribution in [0.3, 0.4) is 0 Å². The van der Waals surface area contributed by atoms with Crippen molar-refractivity contribution in [2.45, 2.75) is 6.42 Å². The molecule has 0 saturated carbocycles. The van der Waals surface area contributed by atoms with Gasteiger partial charge in [-0.05, 0) is 6.42 Å². The van der Waals surface area contributed by atoms with Crippen molar-refractivity contribution in [1.29, 1.82) is 5.39 Å². The van der Waals surface area contributed by atoms with Crippen molar-refractivity contribution < 1.29 is 0 Å². The van der Waals surface area contributed by atoms with E-state index in [1.165, 1.54) is 5.12 Å². The SMILES string of the molecule is N#[N+]N1CCCN1. The van der Waals surface area contributed by atoms with Crippen molar-refractivity contribution in [3.63, 3.8) is 0 Å².